The summed E-state index contributed by atoms with van der Waals surface area (Å²) in [5, 5.41) is 8.21. The van der Waals surface area contributed by atoms with E-state index in [0.29, 0.717) is 0 Å². The lowest BCUT2D eigenvalue weighted by Crippen LogP contribution is -2.01. The van der Waals surface area contributed by atoms with Gasteiger partial charge in [-0.1, -0.05) is 11.6 Å². The molecule has 1 aliphatic carbocycles. The second-order valence-corrected chi connectivity index (χ2v) is 1.97. The molecule has 0 radical (unpaired) electrons. The van der Waals surface area contributed by atoms with Crippen molar-refractivity contribution in [1.82, 2.24) is 0 Å². The molecule has 8 heavy (non-hydrogen) atoms. The molecule has 0 fully saturated rings. The Bertz CT molecular complexity index is 135. The maximum absolute atomic E-state index is 9.96. The van der Waals surface area contributed by atoms with Gasteiger partial charge in [0.1, 0.15) is 0 Å². The molecule has 0 bridgehead atoms. The molecule has 0 amide bonds. The summed E-state index contributed by atoms with van der Waals surface area (Å²) in [5.41, 5.74) is 1.08. The summed E-state index contributed by atoms with van der Waals surface area (Å²) in [7, 11) is 0. The molecule has 0 saturated carbocycles. The molecular weight excluding hydrogens is 104 g/mol. The number of carbonyl (C=O) groups is 1. The molecule has 0 saturated heterocycles. The summed E-state index contributed by atoms with van der Waals surface area (Å²) in [6, 6.07) is 0. The second kappa shape index (κ2) is 1.99. The first-order valence-electron chi connectivity index (χ1n) is 2.69. The third-order valence-corrected chi connectivity index (χ3v) is 1.28. The average molecular weight is 112 g/mol. The molecule has 0 heterocycles. The molecule has 2 heteroatoms. The lowest BCUT2D eigenvalue weighted by molar-refractivity contribution is -0.136. The van der Waals surface area contributed by atoms with Crippen molar-refractivity contribution in [3.8, 4) is 0 Å². The monoisotopic (exact) mass is 112 g/mol. The molecule has 1 rings (SSSR count). The third kappa shape index (κ3) is 1.09. The predicted octanol–water partition coefficient (Wildman–Crippen LogP) is 1.18. The van der Waals surface area contributed by atoms with Crippen LogP contribution in [0.15, 0.2) is 11.6 Å². The van der Waals surface area contributed by atoms with E-state index >= 15 is 0 Å². The molecular formula is C6H8O2. The van der Waals surface area contributed by atoms with Gasteiger partial charge in [-0.15, -0.1) is 0 Å². The number of carboxylic acid groups (broad SMARTS) is 1. The Hall–Kier alpha value is -0.790. The molecule has 1 aliphatic rings. The predicted molar refractivity (Wildman–Crippen MR) is 29.6 cm³/mol. The molecule has 0 aromatic heterocycles. The fraction of sp³-hybridized carbons (Fsp3) is 0.500. The normalized spacial score (nSPS) is 16.8. The SMILES string of the molecule is O=C(O)CC1=CCC1. The minimum atomic E-state index is -0.712. The average Bonchev–Trinajstić information content (AvgIpc) is 1.55. The van der Waals surface area contributed by atoms with Gasteiger partial charge >= 0.3 is 5.97 Å². The highest BCUT2D eigenvalue weighted by atomic mass is 16.4. The van der Waals surface area contributed by atoms with Crippen LogP contribution in [0.2, 0.25) is 0 Å². The minimum absolute atomic E-state index is 0.250. The molecule has 44 valence electrons. The van der Waals surface area contributed by atoms with Crippen LogP contribution in [0.1, 0.15) is 19.3 Å². The summed E-state index contributed by atoms with van der Waals surface area (Å²) >= 11 is 0. The number of hydrogen-bond donors (Lipinski definition) is 1. The summed E-state index contributed by atoms with van der Waals surface area (Å²) in [5.74, 6) is -0.712. The Labute approximate surface area is 47.8 Å². The molecule has 0 atom stereocenters. The Morgan fingerprint density at radius 3 is 2.62 bits per heavy atom. The zero-order chi connectivity index (χ0) is 5.98. The lowest BCUT2D eigenvalue weighted by Gasteiger charge is -2.10. The molecule has 0 aromatic rings. The number of allylic oxidation sites excluding steroid dienone is 1. The summed E-state index contributed by atoms with van der Waals surface area (Å²) in [4.78, 5) is 9.96. The van der Waals surface area contributed by atoms with Gasteiger partial charge < -0.3 is 5.11 Å². The van der Waals surface area contributed by atoms with E-state index in [1.54, 1.807) is 0 Å². The molecule has 1 N–H and O–H groups in total. The highest BCUT2D eigenvalue weighted by Crippen LogP contribution is 2.20. The fourth-order valence-corrected chi connectivity index (χ4v) is 0.703. The Morgan fingerprint density at radius 1 is 1.88 bits per heavy atom. The highest BCUT2D eigenvalue weighted by Gasteiger charge is 2.08. The molecule has 0 unspecified atom stereocenters. The van der Waals surface area contributed by atoms with Crippen LogP contribution in [0.5, 0.6) is 0 Å². The van der Waals surface area contributed by atoms with Gasteiger partial charge in [0.25, 0.3) is 0 Å². The quantitative estimate of drug-likeness (QED) is 0.544. The number of rotatable bonds is 2. The van der Waals surface area contributed by atoms with Crippen molar-refractivity contribution in [1.29, 1.82) is 0 Å². The van der Waals surface area contributed by atoms with Crippen LogP contribution in [-0.4, -0.2) is 11.1 Å². The van der Waals surface area contributed by atoms with Crippen LogP contribution in [0.3, 0.4) is 0 Å². The van der Waals surface area contributed by atoms with Crippen LogP contribution in [0, 0.1) is 0 Å². The van der Waals surface area contributed by atoms with Gasteiger partial charge in [-0.25, -0.2) is 0 Å². The molecule has 2 nitrogen and oxygen atoms in total. The fourth-order valence-electron chi connectivity index (χ4n) is 0.703. The Balaban J connectivity index is 2.29. The van der Waals surface area contributed by atoms with E-state index in [9.17, 15) is 4.79 Å². The van der Waals surface area contributed by atoms with E-state index in [2.05, 4.69) is 0 Å². The second-order valence-electron chi connectivity index (χ2n) is 1.97. The topological polar surface area (TPSA) is 37.3 Å². The van der Waals surface area contributed by atoms with Gasteiger partial charge in [0.15, 0.2) is 0 Å². The van der Waals surface area contributed by atoms with Crippen molar-refractivity contribution in [2.45, 2.75) is 19.3 Å². The lowest BCUT2D eigenvalue weighted by atomic mass is 9.96. The molecule has 0 spiro atoms. The van der Waals surface area contributed by atoms with Gasteiger partial charge in [0.2, 0.25) is 0 Å². The first-order chi connectivity index (χ1) is 3.79. The molecule has 0 aliphatic heterocycles. The number of hydrogen-bond acceptors (Lipinski definition) is 1. The highest BCUT2D eigenvalue weighted by molar-refractivity contribution is 5.70. The van der Waals surface area contributed by atoms with Crippen molar-refractivity contribution < 1.29 is 9.90 Å². The summed E-state index contributed by atoms with van der Waals surface area (Å²) in [6.45, 7) is 0. The van der Waals surface area contributed by atoms with Gasteiger partial charge in [0, 0.05) is 0 Å². The van der Waals surface area contributed by atoms with E-state index in [0.717, 1.165) is 18.4 Å². The van der Waals surface area contributed by atoms with E-state index in [4.69, 9.17) is 5.11 Å². The largest absolute Gasteiger partial charge is 0.481 e. The van der Waals surface area contributed by atoms with Crippen molar-refractivity contribution in [2.24, 2.45) is 0 Å². The van der Waals surface area contributed by atoms with Crippen LogP contribution in [-0.2, 0) is 4.79 Å². The first kappa shape index (κ1) is 5.35. The standard InChI is InChI=1S/C6H8O2/c7-6(8)4-5-2-1-3-5/h2H,1,3-4H2,(H,7,8). The van der Waals surface area contributed by atoms with Gasteiger partial charge in [0.05, 0.1) is 6.42 Å². The van der Waals surface area contributed by atoms with Crippen LogP contribution < -0.4 is 0 Å². The van der Waals surface area contributed by atoms with E-state index in [1.807, 2.05) is 6.08 Å². The first-order valence-corrected chi connectivity index (χ1v) is 2.69. The third-order valence-electron chi connectivity index (χ3n) is 1.28. The van der Waals surface area contributed by atoms with Crippen LogP contribution in [0.4, 0.5) is 0 Å². The van der Waals surface area contributed by atoms with Crippen molar-refractivity contribution >= 4 is 5.97 Å². The number of carboxylic acids is 1. The minimum Gasteiger partial charge on any atom is -0.481 e. The number of aliphatic carboxylic acids is 1. The van der Waals surface area contributed by atoms with E-state index < -0.39 is 5.97 Å². The molecule has 0 aromatic carbocycles. The Kier molecular flexibility index (Phi) is 1.33. The maximum atomic E-state index is 9.96. The van der Waals surface area contributed by atoms with Crippen LogP contribution in [0.25, 0.3) is 0 Å². The van der Waals surface area contributed by atoms with Gasteiger partial charge in [-0.3, -0.25) is 4.79 Å². The zero-order valence-electron chi connectivity index (χ0n) is 4.55. The van der Waals surface area contributed by atoms with Gasteiger partial charge in [-0.2, -0.15) is 0 Å². The summed E-state index contributed by atoms with van der Waals surface area (Å²) in [6.07, 6.45) is 4.29. The van der Waals surface area contributed by atoms with E-state index in [1.165, 1.54) is 0 Å². The smallest absolute Gasteiger partial charge is 0.307 e. The summed E-state index contributed by atoms with van der Waals surface area (Å²) < 4.78 is 0. The maximum Gasteiger partial charge on any atom is 0.307 e. The van der Waals surface area contributed by atoms with Crippen molar-refractivity contribution in [2.75, 3.05) is 0 Å². The Morgan fingerprint density at radius 2 is 2.50 bits per heavy atom. The van der Waals surface area contributed by atoms with Crippen molar-refractivity contribution in [3.63, 3.8) is 0 Å². The van der Waals surface area contributed by atoms with Gasteiger partial charge in [-0.05, 0) is 12.8 Å². The van der Waals surface area contributed by atoms with E-state index in [-0.39, 0.29) is 6.42 Å². The zero-order valence-corrected chi connectivity index (χ0v) is 4.55. The van der Waals surface area contributed by atoms with Crippen LogP contribution >= 0.6 is 0 Å². The van der Waals surface area contributed by atoms with Crippen molar-refractivity contribution in [3.05, 3.63) is 11.6 Å².